The standard InChI is InChI=1S/C24H32N4O4/c1-24(2,3)32-23(31)25-15-21(29)28(6)16-17-8-7-9-19(14-17)18-10-12-20(13-11-18)26-22(30)27(4)5/h7-14H,15-16H2,1-6H3,(H,25,31)(H,26,30). The summed E-state index contributed by atoms with van der Waals surface area (Å²) in [4.78, 5) is 38.9. The zero-order valence-electron chi connectivity index (χ0n) is 19.6. The zero-order chi connectivity index (χ0) is 23.9. The first-order valence-electron chi connectivity index (χ1n) is 10.3. The van der Waals surface area contributed by atoms with Gasteiger partial charge in [-0.3, -0.25) is 4.79 Å². The molecule has 8 heteroatoms. The largest absolute Gasteiger partial charge is 0.444 e. The highest BCUT2D eigenvalue weighted by Gasteiger charge is 2.17. The Balaban J connectivity index is 1.97. The summed E-state index contributed by atoms with van der Waals surface area (Å²) in [6.07, 6.45) is -0.619. The van der Waals surface area contributed by atoms with Crippen LogP contribution >= 0.6 is 0 Å². The first-order valence-corrected chi connectivity index (χ1v) is 10.3. The Hall–Kier alpha value is -3.55. The average Bonchev–Trinajstić information content (AvgIpc) is 2.71. The molecule has 8 nitrogen and oxygen atoms in total. The monoisotopic (exact) mass is 440 g/mol. The van der Waals surface area contributed by atoms with Crippen molar-refractivity contribution in [3.8, 4) is 11.1 Å². The summed E-state index contributed by atoms with van der Waals surface area (Å²) < 4.78 is 5.15. The van der Waals surface area contributed by atoms with Gasteiger partial charge in [0, 0.05) is 33.4 Å². The molecule has 0 aliphatic heterocycles. The number of hydrogen-bond donors (Lipinski definition) is 2. The van der Waals surface area contributed by atoms with Crippen molar-refractivity contribution in [2.24, 2.45) is 0 Å². The lowest BCUT2D eigenvalue weighted by atomic mass is 10.0. The van der Waals surface area contributed by atoms with E-state index in [1.807, 2.05) is 48.5 Å². The molecule has 0 aromatic heterocycles. The molecule has 0 radical (unpaired) electrons. The van der Waals surface area contributed by atoms with Gasteiger partial charge in [0.1, 0.15) is 12.1 Å². The van der Waals surface area contributed by atoms with E-state index in [0.29, 0.717) is 12.2 Å². The molecule has 0 unspecified atom stereocenters. The highest BCUT2D eigenvalue weighted by molar-refractivity contribution is 5.89. The lowest BCUT2D eigenvalue weighted by Crippen LogP contribution is -2.40. The van der Waals surface area contributed by atoms with Crippen molar-refractivity contribution in [1.29, 1.82) is 0 Å². The van der Waals surface area contributed by atoms with Crippen molar-refractivity contribution in [3.63, 3.8) is 0 Å². The van der Waals surface area contributed by atoms with Crippen LogP contribution in [0.3, 0.4) is 0 Å². The highest BCUT2D eigenvalue weighted by Crippen LogP contribution is 2.23. The summed E-state index contributed by atoms with van der Waals surface area (Å²) in [6.45, 7) is 5.56. The average molecular weight is 441 g/mol. The van der Waals surface area contributed by atoms with Crippen LogP contribution < -0.4 is 10.6 Å². The SMILES string of the molecule is CN(C)C(=O)Nc1ccc(-c2cccc(CN(C)C(=O)CNC(=O)OC(C)(C)C)c2)cc1. The number of nitrogens with one attached hydrogen (secondary N) is 2. The molecule has 0 atom stereocenters. The summed E-state index contributed by atoms with van der Waals surface area (Å²) in [6, 6.07) is 15.3. The first-order chi connectivity index (χ1) is 14.9. The van der Waals surface area contributed by atoms with Crippen molar-refractivity contribution < 1.29 is 19.1 Å². The molecule has 0 aliphatic carbocycles. The Bertz CT molecular complexity index is 949. The van der Waals surface area contributed by atoms with Crippen molar-refractivity contribution >= 4 is 23.7 Å². The number of alkyl carbamates (subject to hydrolysis) is 1. The molecule has 0 aliphatic rings. The lowest BCUT2D eigenvalue weighted by molar-refractivity contribution is -0.129. The molecule has 0 heterocycles. The molecular weight excluding hydrogens is 408 g/mol. The van der Waals surface area contributed by atoms with E-state index in [2.05, 4.69) is 10.6 Å². The number of amides is 4. The second-order valence-corrected chi connectivity index (χ2v) is 8.71. The molecule has 0 bridgehead atoms. The van der Waals surface area contributed by atoms with Gasteiger partial charge in [-0.25, -0.2) is 9.59 Å². The summed E-state index contributed by atoms with van der Waals surface area (Å²) >= 11 is 0. The van der Waals surface area contributed by atoms with Crippen LogP contribution in [-0.4, -0.2) is 61.1 Å². The number of carbonyl (C=O) groups is 3. The Morgan fingerprint density at radius 3 is 2.19 bits per heavy atom. The van der Waals surface area contributed by atoms with E-state index in [9.17, 15) is 14.4 Å². The Kier molecular flexibility index (Phi) is 8.23. The summed E-state index contributed by atoms with van der Waals surface area (Å²) in [5.41, 5.74) is 3.05. The van der Waals surface area contributed by atoms with Crippen LogP contribution in [0.5, 0.6) is 0 Å². The fourth-order valence-electron chi connectivity index (χ4n) is 2.79. The molecule has 4 amide bonds. The summed E-state index contributed by atoms with van der Waals surface area (Å²) in [5, 5.41) is 5.29. The predicted octanol–water partition coefficient (Wildman–Crippen LogP) is 3.93. The fourth-order valence-corrected chi connectivity index (χ4v) is 2.79. The molecule has 0 fully saturated rings. The molecule has 2 aromatic rings. The van der Waals surface area contributed by atoms with Gasteiger partial charge in [-0.05, 0) is 55.7 Å². The summed E-state index contributed by atoms with van der Waals surface area (Å²) in [5.74, 6) is -0.220. The van der Waals surface area contributed by atoms with Gasteiger partial charge in [0.15, 0.2) is 0 Å². The number of hydrogen-bond acceptors (Lipinski definition) is 4. The van der Waals surface area contributed by atoms with Gasteiger partial charge in [0.2, 0.25) is 5.91 Å². The second kappa shape index (κ2) is 10.7. The third-order valence-electron chi connectivity index (χ3n) is 4.43. The van der Waals surface area contributed by atoms with Crippen molar-refractivity contribution in [1.82, 2.24) is 15.1 Å². The minimum atomic E-state index is -0.619. The topological polar surface area (TPSA) is 91.0 Å². The maximum atomic E-state index is 12.4. The molecule has 2 N–H and O–H groups in total. The van der Waals surface area contributed by atoms with Crippen LogP contribution in [0.15, 0.2) is 48.5 Å². The van der Waals surface area contributed by atoms with Gasteiger partial charge in [-0.15, -0.1) is 0 Å². The number of urea groups is 1. The predicted molar refractivity (Wildman–Crippen MR) is 125 cm³/mol. The van der Waals surface area contributed by atoms with E-state index in [4.69, 9.17) is 4.74 Å². The molecule has 172 valence electrons. The van der Waals surface area contributed by atoms with Gasteiger partial charge in [0.25, 0.3) is 0 Å². The van der Waals surface area contributed by atoms with Crippen LogP contribution in [0.1, 0.15) is 26.3 Å². The fraction of sp³-hybridized carbons (Fsp3) is 0.375. The van der Waals surface area contributed by atoms with Gasteiger partial charge in [0.05, 0.1) is 0 Å². The third kappa shape index (κ3) is 7.94. The Morgan fingerprint density at radius 1 is 0.938 bits per heavy atom. The number of benzene rings is 2. The number of anilines is 1. The molecule has 0 saturated heterocycles. The van der Waals surface area contributed by atoms with Gasteiger partial charge in [-0.2, -0.15) is 0 Å². The van der Waals surface area contributed by atoms with Gasteiger partial charge < -0.3 is 25.2 Å². The molecule has 0 saturated carbocycles. The van der Waals surface area contributed by atoms with E-state index >= 15 is 0 Å². The van der Waals surface area contributed by atoms with Crippen molar-refractivity contribution in [2.75, 3.05) is 33.0 Å². The van der Waals surface area contributed by atoms with Crippen LogP contribution in [0, 0.1) is 0 Å². The molecule has 2 aromatic carbocycles. The third-order valence-corrected chi connectivity index (χ3v) is 4.43. The van der Waals surface area contributed by atoms with Gasteiger partial charge in [-0.1, -0.05) is 30.3 Å². The summed E-state index contributed by atoms with van der Waals surface area (Å²) in [7, 11) is 5.06. The van der Waals surface area contributed by atoms with E-state index in [1.165, 1.54) is 4.90 Å². The maximum absolute atomic E-state index is 12.4. The maximum Gasteiger partial charge on any atom is 0.408 e. The van der Waals surface area contributed by atoms with Crippen LogP contribution in [0.2, 0.25) is 0 Å². The smallest absolute Gasteiger partial charge is 0.408 e. The Morgan fingerprint density at radius 2 is 1.59 bits per heavy atom. The normalized spacial score (nSPS) is 10.8. The van der Waals surface area contributed by atoms with Crippen LogP contribution in [0.25, 0.3) is 11.1 Å². The number of ether oxygens (including phenoxy) is 1. The molecule has 2 rings (SSSR count). The number of nitrogens with zero attached hydrogens (tertiary/aromatic N) is 2. The number of likely N-dealkylation sites (N-methyl/N-ethyl adjacent to an activating group) is 1. The van der Waals surface area contributed by atoms with E-state index in [1.54, 1.807) is 46.8 Å². The minimum Gasteiger partial charge on any atom is -0.444 e. The van der Waals surface area contributed by atoms with Crippen LogP contribution in [0.4, 0.5) is 15.3 Å². The lowest BCUT2D eigenvalue weighted by Gasteiger charge is -2.21. The minimum absolute atomic E-state index is 0.134. The first kappa shape index (κ1) is 24.7. The Labute approximate surface area is 189 Å². The molecular formula is C24H32N4O4. The number of carbonyl (C=O) groups excluding carboxylic acids is 3. The van der Waals surface area contributed by atoms with E-state index in [0.717, 1.165) is 16.7 Å². The van der Waals surface area contributed by atoms with E-state index < -0.39 is 11.7 Å². The molecule has 0 spiro atoms. The zero-order valence-corrected chi connectivity index (χ0v) is 19.6. The highest BCUT2D eigenvalue weighted by atomic mass is 16.6. The van der Waals surface area contributed by atoms with Gasteiger partial charge >= 0.3 is 12.1 Å². The van der Waals surface area contributed by atoms with Crippen LogP contribution in [-0.2, 0) is 16.1 Å². The second-order valence-electron chi connectivity index (χ2n) is 8.71. The van der Waals surface area contributed by atoms with Crippen molar-refractivity contribution in [2.45, 2.75) is 32.9 Å². The number of rotatable bonds is 6. The quantitative estimate of drug-likeness (QED) is 0.712. The van der Waals surface area contributed by atoms with Crippen molar-refractivity contribution in [3.05, 3.63) is 54.1 Å². The molecule has 32 heavy (non-hydrogen) atoms. The van der Waals surface area contributed by atoms with E-state index in [-0.39, 0.29) is 18.5 Å².